The van der Waals surface area contributed by atoms with Crippen LogP contribution in [0, 0.1) is 5.92 Å². The van der Waals surface area contributed by atoms with Gasteiger partial charge in [-0.25, -0.2) is 0 Å². The van der Waals surface area contributed by atoms with E-state index in [9.17, 15) is 9.59 Å². The normalized spacial score (nSPS) is 12.6. The predicted molar refractivity (Wildman–Crippen MR) is 186 cm³/mol. The molecule has 0 aliphatic rings. The molecule has 7 heteroatoms. The van der Waals surface area contributed by atoms with Crippen molar-refractivity contribution in [2.45, 2.75) is 136 Å². The summed E-state index contributed by atoms with van der Waals surface area (Å²) in [5.41, 5.74) is 1.47. The first-order chi connectivity index (χ1) is 22.0. The summed E-state index contributed by atoms with van der Waals surface area (Å²) in [4.78, 5) is 25.6. The summed E-state index contributed by atoms with van der Waals surface area (Å²) in [6.07, 6.45) is 22.0. The van der Waals surface area contributed by atoms with Crippen LogP contribution in [0.2, 0.25) is 0 Å². The molecule has 2 N–H and O–H groups in total. The molecule has 250 valence electrons. The maximum Gasteiger partial charge on any atom is 0.258 e. The molecule has 2 atom stereocenters. The number of amides is 2. The van der Waals surface area contributed by atoms with Crippen molar-refractivity contribution in [1.29, 1.82) is 0 Å². The molecule has 2 unspecified atom stereocenters. The highest BCUT2D eigenvalue weighted by Gasteiger charge is 2.25. The first kappa shape index (κ1) is 38.0. The lowest BCUT2D eigenvalue weighted by Gasteiger charge is -2.23. The molecule has 0 heterocycles. The van der Waals surface area contributed by atoms with E-state index in [1.54, 1.807) is 24.3 Å². The summed E-state index contributed by atoms with van der Waals surface area (Å²) < 4.78 is 5.66. The van der Waals surface area contributed by atoms with Crippen LogP contribution in [0.25, 0.3) is 0 Å². The van der Waals surface area contributed by atoms with E-state index in [2.05, 4.69) is 27.8 Å². The number of ether oxygens (including phenoxy) is 1. The van der Waals surface area contributed by atoms with Crippen molar-refractivity contribution in [1.82, 2.24) is 10.6 Å². The minimum absolute atomic E-state index is 0.0222. The number of carbonyl (C=O) groups is 2. The summed E-state index contributed by atoms with van der Waals surface area (Å²) in [5.74, 6) is 0.142. The van der Waals surface area contributed by atoms with Gasteiger partial charge in [-0.2, -0.15) is 10.2 Å². The Morgan fingerprint density at radius 3 is 1.67 bits per heavy atom. The topological polar surface area (TPSA) is 92.2 Å². The highest BCUT2D eigenvalue weighted by atomic mass is 16.5. The van der Waals surface area contributed by atoms with Crippen molar-refractivity contribution >= 4 is 23.2 Å². The Kier molecular flexibility index (Phi) is 21.1. The standard InChI is InChI=1S/C38H60N4O3/c1-4-6-7-8-9-10-11-12-13-14-15-16-17-18-19-23-30-39-38(44)37(32(3)5-2)40-36(43)31-45-35-28-26-34(27-29-35)42-41-33-24-21-20-22-25-33/h20-22,24-29,32,37H,4-19,23,30-31H2,1-3H3,(H,39,44)(H,40,43). The van der Waals surface area contributed by atoms with E-state index >= 15 is 0 Å². The van der Waals surface area contributed by atoms with Gasteiger partial charge in [0.05, 0.1) is 11.4 Å². The van der Waals surface area contributed by atoms with E-state index < -0.39 is 6.04 Å². The third-order valence-corrected chi connectivity index (χ3v) is 8.39. The third kappa shape index (κ3) is 18.4. The Bertz CT molecular complexity index is 1060. The first-order valence-electron chi connectivity index (χ1n) is 17.8. The maximum absolute atomic E-state index is 12.9. The molecule has 2 rings (SSSR count). The van der Waals surface area contributed by atoms with Gasteiger partial charge in [0.1, 0.15) is 11.8 Å². The maximum atomic E-state index is 12.9. The second kappa shape index (κ2) is 25.0. The van der Waals surface area contributed by atoms with Crippen molar-refractivity contribution in [3.8, 4) is 5.75 Å². The van der Waals surface area contributed by atoms with Crippen LogP contribution >= 0.6 is 0 Å². The summed E-state index contributed by atoms with van der Waals surface area (Å²) >= 11 is 0. The summed E-state index contributed by atoms with van der Waals surface area (Å²) in [7, 11) is 0. The molecule has 7 nitrogen and oxygen atoms in total. The molecule has 0 saturated carbocycles. The zero-order valence-corrected chi connectivity index (χ0v) is 28.4. The number of hydrogen-bond acceptors (Lipinski definition) is 5. The Morgan fingerprint density at radius 1 is 0.667 bits per heavy atom. The third-order valence-electron chi connectivity index (χ3n) is 8.39. The number of benzene rings is 2. The first-order valence-corrected chi connectivity index (χ1v) is 17.8. The van der Waals surface area contributed by atoms with Gasteiger partial charge in [0.2, 0.25) is 5.91 Å². The van der Waals surface area contributed by atoms with Crippen molar-refractivity contribution in [3.05, 3.63) is 54.6 Å². The van der Waals surface area contributed by atoms with Crippen LogP contribution in [-0.4, -0.2) is 31.0 Å². The van der Waals surface area contributed by atoms with Gasteiger partial charge in [-0.15, -0.1) is 0 Å². The highest BCUT2D eigenvalue weighted by Crippen LogP contribution is 2.21. The van der Waals surface area contributed by atoms with Crippen LogP contribution in [0.1, 0.15) is 130 Å². The van der Waals surface area contributed by atoms with Gasteiger partial charge in [-0.1, -0.05) is 142 Å². The van der Waals surface area contributed by atoms with E-state index in [0.29, 0.717) is 18.0 Å². The van der Waals surface area contributed by atoms with Gasteiger partial charge in [0.25, 0.3) is 5.91 Å². The van der Waals surface area contributed by atoms with Crippen LogP contribution in [0.3, 0.4) is 0 Å². The summed E-state index contributed by atoms with van der Waals surface area (Å²) in [6, 6.07) is 16.0. The van der Waals surface area contributed by atoms with E-state index in [1.807, 2.05) is 44.2 Å². The average Bonchev–Trinajstić information content (AvgIpc) is 3.07. The number of azo groups is 1. The van der Waals surface area contributed by atoms with Crippen LogP contribution in [-0.2, 0) is 9.59 Å². The number of nitrogens with zero attached hydrogens (tertiary/aromatic N) is 2. The smallest absolute Gasteiger partial charge is 0.258 e. The number of unbranched alkanes of at least 4 members (excludes halogenated alkanes) is 15. The lowest BCUT2D eigenvalue weighted by Crippen LogP contribution is -2.51. The SMILES string of the molecule is CCCCCCCCCCCCCCCCCCNC(=O)C(NC(=O)COc1ccc(N=Nc2ccccc2)cc1)C(C)CC. The highest BCUT2D eigenvalue weighted by molar-refractivity contribution is 5.88. The zero-order valence-electron chi connectivity index (χ0n) is 28.4. The summed E-state index contributed by atoms with van der Waals surface area (Å²) in [5, 5.41) is 14.3. The van der Waals surface area contributed by atoms with Crippen molar-refractivity contribution in [3.63, 3.8) is 0 Å². The van der Waals surface area contributed by atoms with Crippen molar-refractivity contribution in [2.24, 2.45) is 16.1 Å². The van der Waals surface area contributed by atoms with Gasteiger partial charge in [-0.05, 0) is 48.7 Å². The van der Waals surface area contributed by atoms with Crippen molar-refractivity contribution < 1.29 is 14.3 Å². The van der Waals surface area contributed by atoms with Gasteiger partial charge in [0, 0.05) is 6.54 Å². The predicted octanol–water partition coefficient (Wildman–Crippen LogP) is 10.4. The fourth-order valence-electron chi connectivity index (χ4n) is 5.28. The van der Waals surface area contributed by atoms with E-state index in [0.717, 1.165) is 24.9 Å². The number of nitrogens with one attached hydrogen (secondary N) is 2. The number of rotatable bonds is 26. The Morgan fingerprint density at radius 2 is 1.16 bits per heavy atom. The number of hydrogen-bond donors (Lipinski definition) is 2. The Hall–Kier alpha value is -3.22. The molecule has 2 amide bonds. The molecule has 2 aromatic rings. The van der Waals surface area contributed by atoms with E-state index in [4.69, 9.17) is 4.74 Å². The van der Waals surface area contributed by atoms with Gasteiger partial charge in [-0.3, -0.25) is 9.59 Å². The molecule has 0 aliphatic heterocycles. The zero-order chi connectivity index (χ0) is 32.4. The molecule has 0 aliphatic carbocycles. The molecular weight excluding hydrogens is 560 g/mol. The molecular formula is C38H60N4O3. The fourth-order valence-corrected chi connectivity index (χ4v) is 5.28. The molecule has 0 saturated heterocycles. The molecule has 0 radical (unpaired) electrons. The van der Waals surface area contributed by atoms with Gasteiger partial charge < -0.3 is 15.4 Å². The Labute approximate surface area is 273 Å². The second-order valence-electron chi connectivity index (χ2n) is 12.3. The van der Waals surface area contributed by atoms with E-state index in [-0.39, 0.29) is 24.3 Å². The van der Waals surface area contributed by atoms with Crippen molar-refractivity contribution in [2.75, 3.05) is 13.2 Å². The van der Waals surface area contributed by atoms with Gasteiger partial charge >= 0.3 is 0 Å². The van der Waals surface area contributed by atoms with E-state index in [1.165, 1.54) is 89.9 Å². The monoisotopic (exact) mass is 620 g/mol. The van der Waals surface area contributed by atoms with Gasteiger partial charge in [0.15, 0.2) is 6.61 Å². The molecule has 0 bridgehead atoms. The molecule has 45 heavy (non-hydrogen) atoms. The number of carbonyl (C=O) groups excluding carboxylic acids is 2. The average molecular weight is 621 g/mol. The molecule has 0 spiro atoms. The molecule has 2 aromatic carbocycles. The minimum atomic E-state index is -0.576. The minimum Gasteiger partial charge on any atom is -0.484 e. The second-order valence-corrected chi connectivity index (χ2v) is 12.3. The molecule has 0 aromatic heterocycles. The lowest BCUT2D eigenvalue weighted by molar-refractivity contribution is -0.131. The fraction of sp³-hybridized carbons (Fsp3) is 0.632. The molecule has 0 fully saturated rings. The quantitative estimate of drug-likeness (QED) is 0.0809. The largest absolute Gasteiger partial charge is 0.484 e. The van der Waals surface area contributed by atoms with Crippen LogP contribution < -0.4 is 15.4 Å². The summed E-state index contributed by atoms with van der Waals surface area (Å²) in [6.45, 7) is 6.77. The lowest BCUT2D eigenvalue weighted by atomic mass is 9.98. The Balaban J connectivity index is 1.54. The van der Waals surface area contributed by atoms with Crippen LogP contribution in [0.5, 0.6) is 5.75 Å². The van der Waals surface area contributed by atoms with Crippen LogP contribution in [0.15, 0.2) is 64.8 Å². The van der Waals surface area contributed by atoms with Crippen LogP contribution in [0.4, 0.5) is 11.4 Å².